The normalized spacial score (nSPS) is 27.6. The number of fused-ring (bicyclic) bond motifs is 1. The van der Waals surface area contributed by atoms with E-state index in [4.69, 9.17) is 19.3 Å². The molecule has 1 fully saturated rings. The van der Waals surface area contributed by atoms with Crippen LogP contribution in [0.2, 0.25) is 0 Å². The molecule has 7 N–H and O–H groups in total. The molecule has 1 aromatic carbocycles. The van der Waals surface area contributed by atoms with Crippen LogP contribution in [0, 0.1) is 0 Å². The van der Waals surface area contributed by atoms with Crippen molar-refractivity contribution >= 4 is 22.8 Å². The van der Waals surface area contributed by atoms with E-state index < -0.39 is 67.7 Å². The van der Waals surface area contributed by atoms with Crippen LogP contribution in [-0.4, -0.2) is 90.5 Å². The van der Waals surface area contributed by atoms with Crippen molar-refractivity contribution in [1.82, 2.24) is 4.98 Å². The number of carbonyl (C=O) groups excluding carboxylic acids is 1. The number of aromatic nitrogens is 1. The van der Waals surface area contributed by atoms with E-state index in [-0.39, 0.29) is 11.5 Å². The van der Waals surface area contributed by atoms with Gasteiger partial charge in [0, 0.05) is 23.2 Å². The molecule has 1 unspecified atom stereocenters. The fraction of sp³-hybridized carbons (Fsp3) is 0.500. The number of hydrogen-bond donors (Lipinski definition) is 7. The maximum absolute atomic E-state index is 12.0. The van der Waals surface area contributed by atoms with Crippen LogP contribution in [0.1, 0.15) is 19.8 Å². The smallest absolute Gasteiger partial charge is 0.308 e. The molecule has 12 nitrogen and oxygen atoms in total. The zero-order chi connectivity index (χ0) is 23.6. The number of aliphatic hydroxyl groups excluding tert-OH is 3. The van der Waals surface area contributed by atoms with Gasteiger partial charge in [-0.25, -0.2) is 0 Å². The lowest BCUT2D eigenvalue weighted by Crippen LogP contribution is -2.60. The number of aromatic hydroxyl groups is 1. The number of carboxylic acids is 1. The summed E-state index contributed by atoms with van der Waals surface area (Å²) in [6.07, 6.45) is -7.53. The van der Waals surface area contributed by atoms with Crippen LogP contribution in [-0.2, 0) is 19.1 Å². The van der Waals surface area contributed by atoms with Gasteiger partial charge in [0.1, 0.15) is 31.0 Å². The van der Waals surface area contributed by atoms with Gasteiger partial charge in [-0.05, 0) is 19.1 Å². The molecule has 0 saturated carbocycles. The molecule has 2 aromatic rings. The van der Waals surface area contributed by atoms with E-state index in [0.717, 1.165) is 6.92 Å². The highest BCUT2D eigenvalue weighted by atomic mass is 16.7. The van der Waals surface area contributed by atoms with E-state index in [1.165, 1.54) is 12.1 Å². The van der Waals surface area contributed by atoms with Gasteiger partial charge < -0.3 is 49.8 Å². The number of carboxylic acid groups (broad SMARTS) is 1. The number of phenolic OH excluding ortho intramolecular Hbond substituents is 1. The third kappa shape index (κ3) is 5.47. The van der Waals surface area contributed by atoms with E-state index in [1.54, 1.807) is 12.3 Å². The van der Waals surface area contributed by atoms with Crippen molar-refractivity contribution in [3.8, 4) is 11.5 Å². The van der Waals surface area contributed by atoms with Gasteiger partial charge in [0.15, 0.2) is 11.5 Å². The molecule has 1 aromatic heterocycles. The molecule has 0 radical (unpaired) electrons. The number of ether oxygens (including phenoxy) is 3. The maximum Gasteiger partial charge on any atom is 0.308 e. The van der Waals surface area contributed by atoms with Crippen molar-refractivity contribution in [2.75, 3.05) is 6.61 Å². The van der Waals surface area contributed by atoms with Crippen LogP contribution in [0.4, 0.5) is 0 Å². The zero-order valence-electron chi connectivity index (χ0n) is 17.0. The summed E-state index contributed by atoms with van der Waals surface area (Å²) in [5.41, 5.74) is -1.20. The van der Waals surface area contributed by atoms with Gasteiger partial charge in [-0.1, -0.05) is 0 Å². The average molecular weight is 455 g/mol. The van der Waals surface area contributed by atoms with Gasteiger partial charge >= 0.3 is 11.9 Å². The zero-order valence-corrected chi connectivity index (χ0v) is 17.0. The van der Waals surface area contributed by atoms with E-state index in [9.17, 15) is 35.1 Å². The number of esters is 1. The summed E-state index contributed by atoms with van der Waals surface area (Å²) < 4.78 is 15.9. The maximum atomic E-state index is 12.0. The van der Waals surface area contributed by atoms with Crippen molar-refractivity contribution in [3.63, 3.8) is 0 Å². The van der Waals surface area contributed by atoms with Crippen molar-refractivity contribution in [3.05, 3.63) is 24.4 Å². The van der Waals surface area contributed by atoms with Crippen LogP contribution in [0.25, 0.3) is 10.9 Å². The lowest BCUT2D eigenvalue weighted by Gasteiger charge is -2.40. The van der Waals surface area contributed by atoms with Crippen LogP contribution in [0.5, 0.6) is 11.5 Å². The standard InChI is InChI=1S/C20H25NO11/c1-20(29,6-14(23)24)7-15(25)30-8-13-16(26)17(27)18(28)19(32-13)31-12-4-9-2-3-21-10(9)5-11(12)22/h2-5,13,16-19,21-22,26-29H,6-8H2,1H3,(H,23,24)/t13-,16-,17+,18-,19-,20?/m1/s1. The molecular weight excluding hydrogens is 430 g/mol. The number of carbonyl (C=O) groups is 2. The van der Waals surface area contributed by atoms with Crippen molar-refractivity contribution in [2.24, 2.45) is 0 Å². The Hall–Kier alpha value is -2.90. The number of H-pyrrole nitrogens is 1. The first-order valence-electron chi connectivity index (χ1n) is 9.73. The molecule has 0 spiro atoms. The molecule has 176 valence electrons. The van der Waals surface area contributed by atoms with Gasteiger partial charge in [-0.3, -0.25) is 9.59 Å². The number of aliphatic carboxylic acids is 1. The Balaban J connectivity index is 1.65. The number of phenols is 1. The van der Waals surface area contributed by atoms with Gasteiger partial charge in [0.2, 0.25) is 6.29 Å². The number of rotatable bonds is 8. The fourth-order valence-corrected chi connectivity index (χ4v) is 3.36. The Morgan fingerprint density at radius 3 is 2.56 bits per heavy atom. The molecule has 3 rings (SSSR count). The molecule has 2 heterocycles. The average Bonchev–Trinajstić information content (AvgIpc) is 3.13. The number of benzene rings is 1. The predicted molar refractivity (Wildman–Crippen MR) is 106 cm³/mol. The summed E-state index contributed by atoms with van der Waals surface area (Å²) in [4.78, 5) is 25.6. The molecule has 0 bridgehead atoms. The van der Waals surface area contributed by atoms with E-state index in [2.05, 4.69) is 4.98 Å². The molecule has 6 atom stereocenters. The Kier molecular flexibility index (Phi) is 6.91. The van der Waals surface area contributed by atoms with E-state index >= 15 is 0 Å². The number of aliphatic hydroxyl groups is 4. The number of nitrogens with one attached hydrogen (secondary N) is 1. The van der Waals surface area contributed by atoms with Gasteiger partial charge in [-0.15, -0.1) is 0 Å². The van der Waals surface area contributed by atoms with E-state index in [0.29, 0.717) is 10.9 Å². The quantitative estimate of drug-likeness (QED) is 0.246. The summed E-state index contributed by atoms with van der Waals surface area (Å²) in [6.45, 7) is 0.585. The molecular formula is C20H25NO11. The summed E-state index contributed by atoms with van der Waals surface area (Å²) in [7, 11) is 0. The fourth-order valence-electron chi connectivity index (χ4n) is 3.36. The Morgan fingerprint density at radius 1 is 1.16 bits per heavy atom. The summed E-state index contributed by atoms with van der Waals surface area (Å²) in [5, 5.41) is 60.1. The minimum Gasteiger partial charge on any atom is -0.504 e. The second-order valence-corrected chi connectivity index (χ2v) is 7.94. The first-order chi connectivity index (χ1) is 15.0. The molecule has 32 heavy (non-hydrogen) atoms. The second-order valence-electron chi connectivity index (χ2n) is 7.94. The Morgan fingerprint density at radius 2 is 1.88 bits per heavy atom. The first-order valence-corrected chi connectivity index (χ1v) is 9.73. The highest BCUT2D eigenvalue weighted by Gasteiger charge is 2.46. The second kappa shape index (κ2) is 9.30. The summed E-state index contributed by atoms with van der Waals surface area (Å²) >= 11 is 0. The predicted octanol–water partition coefficient (Wildman–Crippen LogP) is -0.781. The third-order valence-electron chi connectivity index (χ3n) is 5.01. The van der Waals surface area contributed by atoms with Crippen molar-refractivity contribution < 1.29 is 54.4 Å². The van der Waals surface area contributed by atoms with Crippen LogP contribution >= 0.6 is 0 Å². The lowest BCUT2D eigenvalue weighted by atomic mass is 9.98. The number of aromatic amines is 1. The highest BCUT2D eigenvalue weighted by molar-refractivity contribution is 5.83. The van der Waals surface area contributed by atoms with E-state index in [1.807, 2.05) is 0 Å². The summed E-state index contributed by atoms with van der Waals surface area (Å²) in [5.74, 6) is -2.57. The molecule has 0 aliphatic carbocycles. The molecule has 0 amide bonds. The van der Waals surface area contributed by atoms with Crippen LogP contribution in [0.15, 0.2) is 24.4 Å². The Labute approximate surface area is 181 Å². The first kappa shape index (κ1) is 23.8. The van der Waals surface area contributed by atoms with Crippen molar-refractivity contribution in [1.29, 1.82) is 0 Å². The molecule has 1 aliphatic rings. The Bertz CT molecular complexity index is 972. The van der Waals surface area contributed by atoms with Crippen LogP contribution < -0.4 is 4.74 Å². The van der Waals surface area contributed by atoms with Gasteiger partial charge in [-0.2, -0.15) is 0 Å². The van der Waals surface area contributed by atoms with Gasteiger partial charge in [0.05, 0.1) is 18.4 Å². The van der Waals surface area contributed by atoms with Gasteiger partial charge in [0.25, 0.3) is 0 Å². The van der Waals surface area contributed by atoms with Crippen LogP contribution in [0.3, 0.4) is 0 Å². The lowest BCUT2D eigenvalue weighted by molar-refractivity contribution is -0.278. The summed E-state index contributed by atoms with van der Waals surface area (Å²) in [6, 6.07) is 4.60. The van der Waals surface area contributed by atoms with Crippen molar-refractivity contribution in [2.45, 2.75) is 56.1 Å². The molecule has 1 aliphatic heterocycles. The minimum atomic E-state index is -1.84. The SMILES string of the molecule is CC(O)(CC(=O)O)CC(=O)OC[C@H]1O[C@@H](Oc2cc3cc[nH]c3cc2O)[C@H](O)[C@@H](O)[C@@H]1O. The minimum absolute atomic E-state index is 0.0507. The largest absolute Gasteiger partial charge is 0.504 e. The third-order valence-corrected chi connectivity index (χ3v) is 5.01. The number of hydrogen-bond acceptors (Lipinski definition) is 10. The monoisotopic (exact) mass is 455 g/mol. The highest BCUT2D eigenvalue weighted by Crippen LogP contribution is 2.34. The molecule has 12 heteroatoms. The topological polar surface area (TPSA) is 199 Å². The molecule has 1 saturated heterocycles.